The third-order valence-electron chi connectivity index (χ3n) is 3.50. The van der Waals surface area contributed by atoms with Gasteiger partial charge in [0.15, 0.2) is 11.6 Å². The largest absolute Gasteiger partial charge is 0.365 e. The summed E-state index contributed by atoms with van der Waals surface area (Å²) < 4.78 is 14.2. The molecule has 0 aromatic carbocycles. The quantitative estimate of drug-likeness (QED) is 0.615. The molecule has 1 atom stereocenters. The molecule has 1 amide bonds. The van der Waals surface area contributed by atoms with Crippen molar-refractivity contribution >= 4 is 23.2 Å². The summed E-state index contributed by atoms with van der Waals surface area (Å²) in [7, 11) is 0. The van der Waals surface area contributed by atoms with Crippen molar-refractivity contribution < 1.29 is 9.18 Å². The minimum atomic E-state index is -0.776. The lowest BCUT2D eigenvalue weighted by Crippen LogP contribution is -2.29. The number of carbonyl (C=O) groups excluding carboxylic acids is 1. The minimum Gasteiger partial charge on any atom is -0.365 e. The maximum absolute atomic E-state index is 14.2. The number of nitrogens with one attached hydrogen (secondary N) is 2. The molecule has 0 spiro atoms. The molecule has 0 bridgehead atoms. The van der Waals surface area contributed by atoms with Gasteiger partial charge in [0.25, 0.3) is 5.91 Å². The van der Waals surface area contributed by atoms with Crippen LogP contribution in [0.1, 0.15) is 29.3 Å². The van der Waals surface area contributed by atoms with Crippen LogP contribution in [0.2, 0.25) is 0 Å². The SMILES string of the molecule is CCC(CN)Nc1nc(Nc2cncc(C)c2)c(C(N)=O)cc1F. The Hall–Kier alpha value is -2.74. The van der Waals surface area contributed by atoms with E-state index < -0.39 is 11.7 Å². The number of rotatable bonds is 7. The highest BCUT2D eigenvalue weighted by Crippen LogP contribution is 2.24. The predicted octanol–water partition coefficient (Wildman–Crippen LogP) is 1.92. The second kappa shape index (κ2) is 7.69. The van der Waals surface area contributed by atoms with Gasteiger partial charge in [-0.05, 0) is 31.0 Å². The van der Waals surface area contributed by atoms with E-state index in [1.807, 2.05) is 19.9 Å². The van der Waals surface area contributed by atoms with E-state index in [1.165, 1.54) is 0 Å². The van der Waals surface area contributed by atoms with Gasteiger partial charge < -0.3 is 22.1 Å². The fraction of sp³-hybridized carbons (Fsp3) is 0.312. The molecule has 8 heteroatoms. The monoisotopic (exact) mass is 332 g/mol. The Morgan fingerprint density at radius 1 is 1.33 bits per heavy atom. The molecule has 2 rings (SSSR count). The van der Waals surface area contributed by atoms with Crippen molar-refractivity contribution in [2.24, 2.45) is 11.5 Å². The molecule has 6 N–H and O–H groups in total. The van der Waals surface area contributed by atoms with Gasteiger partial charge in [-0.1, -0.05) is 6.92 Å². The summed E-state index contributed by atoms with van der Waals surface area (Å²) in [5, 5.41) is 5.89. The number of aryl methyl sites for hydroxylation is 1. The first-order chi connectivity index (χ1) is 11.4. The molecular weight excluding hydrogens is 311 g/mol. The summed E-state index contributed by atoms with van der Waals surface area (Å²) in [6.07, 6.45) is 3.97. The third kappa shape index (κ3) is 4.17. The zero-order valence-electron chi connectivity index (χ0n) is 13.6. The van der Waals surface area contributed by atoms with Gasteiger partial charge in [0.1, 0.15) is 5.82 Å². The number of anilines is 3. The highest BCUT2D eigenvalue weighted by atomic mass is 19.1. The van der Waals surface area contributed by atoms with Gasteiger partial charge in [-0.3, -0.25) is 9.78 Å². The van der Waals surface area contributed by atoms with Crippen LogP contribution in [0.15, 0.2) is 24.5 Å². The maximum Gasteiger partial charge on any atom is 0.252 e. The number of nitrogens with zero attached hydrogens (tertiary/aromatic N) is 2. The Balaban J connectivity index is 2.41. The van der Waals surface area contributed by atoms with Crippen molar-refractivity contribution in [1.29, 1.82) is 0 Å². The van der Waals surface area contributed by atoms with Crippen molar-refractivity contribution in [3.05, 3.63) is 41.5 Å². The minimum absolute atomic E-state index is 0.0143. The number of primary amides is 1. The number of hydrogen-bond donors (Lipinski definition) is 4. The highest BCUT2D eigenvalue weighted by molar-refractivity contribution is 5.98. The van der Waals surface area contributed by atoms with Crippen LogP contribution in [-0.4, -0.2) is 28.5 Å². The van der Waals surface area contributed by atoms with Crippen LogP contribution >= 0.6 is 0 Å². The lowest BCUT2D eigenvalue weighted by atomic mass is 10.2. The van der Waals surface area contributed by atoms with Crippen molar-refractivity contribution in [3.8, 4) is 0 Å². The Kier molecular flexibility index (Phi) is 5.64. The highest BCUT2D eigenvalue weighted by Gasteiger charge is 2.17. The molecule has 128 valence electrons. The topological polar surface area (TPSA) is 119 Å². The molecule has 2 heterocycles. The average Bonchev–Trinajstić information content (AvgIpc) is 2.54. The molecule has 7 nitrogen and oxygen atoms in total. The molecule has 0 aliphatic rings. The summed E-state index contributed by atoms with van der Waals surface area (Å²) in [4.78, 5) is 19.8. The zero-order chi connectivity index (χ0) is 17.7. The van der Waals surface area contributed by atoms with E-state index in [4.69, 9.17) is 11.5 Å². The van der Waals surface area contributed by atoms with Crippen LogP contribution < -0.4 is 22.1 Å². The first-order valence-electron chi connectivity index (χ1n) is 7.60. The van der Waals surface area contributed by atoms with E-state index in [0.717, 1.165) is 11.6 Å². The molecule has 2 aromatic rings. The molecular formula is C16H21FN6O. The van der Waals surface area contributed by atoms with Gasteiger partial charge in [0.2, 0.25) is 0 Å². The van der Waals surface area contributed by atoms with Crippen LogP contribution in [0, 0.1) is 12.7 Å². The summed E-state index contributed by atoms with van der Waals surface area (Å²) in [6, 6.07) is 2.76. The summed E-state index contributed by atoms with van der Waals surface area (Å²) >= 11 is 0. The average molecular weight is 332 g/mol. The number of carbonyl (C=O) groups is 1. The third-order valence-corrected chi connectivity index (χ3v) is 3.50. The number of amides is 1. The van der Waals surface area contributed by atoms with Gasteiger partial charge in [-0.2, -0.15) is 0 Å². The molecule has 2 aromatic heterocycles. The fourth-order valence-electron chi connectivity index (χ4n) is 2.15. The van der Waals surface area contributed by atoms with Crippen LogP contribution in [0.3, 0.4) is 0 Å². The first kappa shape index (κ1) is 17.6. The molecule has 0 aliphatic heterocycles. The Morgan fingerprint density at radius 2 is 2.08 bits per heavy atom. The normalized spacial score (nSPS) is 11.8. The number of aromatic nitrogens is 2. The van der Waals surface area contributed by atoms with E-state index in [0.29, 0.717) is 18.7 Å². The number of pyridine rings is 2. The van der Waals surface area contributed by atoms with Crippen molar-refractivity contribution in [3.63, 3.8) is 0 Å². The van der Waals surface area contributed by atoms with E-state index in [2.05, 4.69) is 20.6 Å². The summed E-state index contributed by atoms with van der Waals surface area (Å²) in [5.74, 6) is -1.27. The van der Waals surface area contributed by atoms with Gasteiger partial charge in [-0.15, -0.1) is 0 Å². The molecule has 0 saturated carbocycles. The van der Waals surface area contributed by atoms with Crippen LogP contribution in [0.5, 0.6) is 0 Å². The van der Waals surface area contributed by atoms with E-state index in [1.54, 1.807) is 12.4 Å². The zero-order valence-corrected chi connectivity index (χ0v) is 13.6. The molecule has 0 aliphatic carbocycles. The Labute approximate surface area is 139 Å². The van der Waals surface area contributed by atoms with Crippen molar-refractivity contribution in [1.82, 2.24) is 9.97 Å². The summed E-state index contributed by atoms with van der Waals surface area (Å²) in [5.41, 5.74) is 12.5. The molecule has 0 radical (unpaired) electrons. The number of hydrogen-bond acceptors (Lipinski definition) is 6. The van der Waals surface area contributed by atoms with E-state index in [9.17, 15) is 9.18 Å². The lowest BCUT2D eigenvalue weighted by molar-refractivity contribution is 0.100. The van der Waals surface area contributed by atoms with Crippen molar-refractivity contribution in [2.75, 3.05) is 17.2 Å². The Morgan fingerprint density at radius 3 is 2.67 bits per heavy atom. The lowest BCUT2D eigenvalue weighted by Gasteiger charge is -2.18. The second-order valence-electron chi connectivity index (χ2n) is 5.44. The predicted molar refractivity (Wildman–Crippen MR) is 91.7 cm³/mol. The Bertz CT molecular complexity index is 733. The molecule has 0 saturated heterocycles. The first-order valence-corrected chi connectivity index (χ1v) is 7.60. The van der Waals surface area contributed by atoms with Crippen LogP contribution in [0.25, 0.3) is 0 Å². The maximum atomic E-state index is 14.2. The van der Waals surface area contributed by atoms with Crippen molar-refractivity contribution in [2.45, 2.75) is 26.3 Å². The van der Waals surface area contributed by atoms with Crippen LogP contribution in [0.4, 0.5) is 21.7 Å². The molecule has 1 unspecified atom stereocenters. The second-order valence-corrected chi connectivity index (χ2v) is 5.44. The van der Waals surface area contributed by atoms with E-state index in [-0.39, 0.29) is 23.2 Å². The number of nitrogens with two attached hydrogens (primary N) is 2. The number of halogens is 1. The molecule has 0 fully saturated rings. The van der Waals surface area contributed by atoms with Gasteiger partial charge in [-0.25, -0.2) is 9.37 Å². The van der Waals surface area contributed by atoms with Gasteiger partial charge in [0.05, 0.1) is 17.4 Å². The summed E-state index contributed by atoms with van der Waals surface area (Å²) in [6.45, 7) is 4.14. The molecule has 24 heavy (non-hydrogen) atoms. The van der Waals surface area contributed by atoms with Gasteiger partial charge in [0, 0.05) is 18.8 Å². The van der Waals surface area contributed by atoms with E-state index >= 15 is 0 Å². The standard InChI is InChI=1S/C16H21FN6O/c1-3-10(6-18)21-16-13(17)5-12(14(19)24)15(23-16)22-11-4-9(2)7-20-8-11/h4-5,7-8,10H,3,6,18H2,1-2H3,(H2,19,24)(H2,21,22,23). The smallest absolute Gasteiger partial charge is 0.252 e. The fourth-order valence-corrected chi connectivity index (χ4v) is 2.15. The van der Waals surface area contributed by atoms with Crippen LogP contribution in [-0.2, 0) is 0 Å². The van der Waals surface area contributed by atoms with Gasteiger partial charge >= 0.3 is 0 Å².